The highest BCUT2D eigenvalue weighted by Crippen LogP contribution is 2.28. The molecule has 1 aliphatic rings. The highest BCUT2D eigenvalue weighted by molar-refractivity contribution is 6.76. The number of amides is 1. The summed E-state index contributed by atoms with van der Waals surface area (Å²) in [7, 11) is 0.242. The van der Waals surface area contributed by atoms with Gasteiger partial charge in [-0.05, 0) is 38.3 Å². The van der Waals surface area contributed by atoms with Crippen molar-refractivity contribution in [1.82, 2.24) is 19.7 Å². The van der Waals surface area contributed by atoms with E-state index in [1.807, 2.05) is 4.90 Å². The third-order valence-corrected chi connectivity index (χ3v) is 7.29. The number of likely N-dealkylation sites (tertiary alicyclic amines) is 1. The Labute approximate surface area is 184 Å². The Morgan fingerprint density at radius 1 is 1.29 bits per heavy atom. The Morgan fingerprint density at radius 3 is 2.74 bits per heavy atom. The molecule has 0 spiro atoms. The first-order chi connectivity index (χ1) is 14.7. The van der Waals surface area contributed by atoms with Gasteiger partial charge in [0.15, 0.2) is 11.5 Å². The van der Waals surface area contributed by atoms with E-state index in [0.29, 0.717) is 30.4 Å². The van der Waals surface area contributed by atoms with Crippen LogP contribution in [0.25, 0.3) is 11.3 Å². The SMILES string of the molecule is COc1cc(-c2cc(C(=O)N3CCCCC3C)nn2COCC[Si](C)(C)C)c(F)cn1. The number of ether oxygens (including phenoxy) is 2. The smallest absolute Gasteiger partial charge is 0.274 e. The van der Waals surface area contributed by atoms with Crippen molar-refractivity contribution in [3.8, 4) is 17.1 Å². The van der Waals surface area contributed by atoms with Gasteiger partial charge in [0.25, 0.3) is 5.91 Å². The molecule has 1 saturated heterocycles. The number of methoxy groups -OCH3 is 1. The fraction of sp³-hybridized carbons (Fsp3) is 0.591. The summed E-state index contributed by atoms with van der Waals surface area (Å²) < 4.78 is 27.2. The van der Waals surface area contributed by atoms with Gasteiger partial charge in [0.2, 0.25) is 5.88 Å². The summed E-state index contributed by atoms with van der Waals surface area (Å²) in [5.41, 5.74) is 1.05. The van der Waals surface area contributed by atoms with Crippen LogP contribution in [0.15, 0.2) is 18.3 Å². The van der Waals surface area contributed by atoms with Crippen LogP contribution in [-0.2, 0) is 11.5 Å². The van der Waals surface area contributed by atoms with Gasteiger partial charge in [-0.15, -0.1) is 0 Å². The van der Waals surface area contributed by atoms with E-state index >= 15 is 0 Å². The molecule has 0 aliphatic carbocycles. The quantitative estimate of drug-likeness (QED) is 0.442. The maximum absolute atomic E-state index is 14.7. The molecule has 0 bridgehead atoms. The molecule has 1 amide bonds. The summed E-state index contributed by atoms with van der Waals surface area (Å²) in [6.07, 6.45) is 4.21. The first kappa shape index (κ1) is 23.4. The van der Waals surface area contributed by atoms with E-state index in [-0.39, 0.29) is 24.2 Å². The molecule has 3 heterocycles. The molecule has 3 rings (SSSR count). The topological polar surface area (TPSA) is 69.5 Å². The van der Waals surface area contributed by atoms with E-state index in [0.717, 1.165) is 31.5 Å². The van der Waals surface area contributed by atoms with Crippen molar-refractivity contribution in [2.24, 2.45) is 0 Å². The summed E-state index contributed by atoms with van der Waals surface area (Å²) in [5.74, 6) is -0.341. The lowest BCUT2D eigenvalue weighted by Crippen LogP contribution is -2.42. The van der Waals surface area contributed by atoms with Crippen molar-refractivity contribution in [3.05, 3.63) is 29.8 Å². The molecule has 0 saturated carbocycles. The van der Waals surface area contributed by atoms with Gasteiger partial charge in [-0.2, -0.15) is 5.10 Å². The van der Waals surface area contributed by atoms with Gasteiger partial charge < -0.3 is 14.4 Å². The van der Waals surface area contributed by atoms with Crippen molar-refractivity contribution in [1.29, 1.82) is 0 Å². The minimum atomic E-state index is -1.24. The Hall–Kier alpha value is -2.26. The van der Waals surface area contributed by atoms with Gasteiger partial charge in [0, 0.05) is 38.9 Å². The van der Waals surface area contributed by atoms with E-state index in [9.17, 15) is 9.18 Å². The predicted octanol–water partition coefficient (Wildman–Crippen LogP) is 4.42. The summed E-state index contributed by atoms with van der Waals surface area (Å²) in [5, 5.41) is 4.51. The Bertz CT molecular complexity index is 913. The van der Waals surface area contributed by atoms with Crippen LogP contribution in [-0.4, -0.2) is 59.9 Å². The number of hydrogen-bond acceptors (Lipinski definition) is 5. The maximum Gasteiger partial charge on any atom is 0.274 e. The van der Waals surface area contributed by atoms with Gasteiger partial charge >= 0.3 is 0 Å². The fourth-order valence-corrected chi connectivity index (χ4v) is 4.40. The molecule has 9 heteroatoms. The van der Waals surface area contributed by atoms with Crippen molar-refractivity contribution in [2.75, 3.05) is 20.3 Å². The highest BCUT2D eigenvalue weighted by Gasteiger charge is 2.27. The second-order valence-corrected chi connectivity index (χ2v) is 14.9. The summed E-state index contributed by atoms with van der Waals surface area (Å²) in [6, 6.07) is 4.34. The minimum Gasteiger partial charge on any atom is -0.481 e. The van der Waals surface area contributed by atoms with Gasteiger partial charge in [0.05, 0.1) is 19.0 Å². The molecule has 0 N–H and O–H groups in total. The molecule has 7 nitrogen and oxygen atoms in total. The third kappa shape index (κ3) is 5.91. The normalized spacial score (nSPS) is 17.1. The first-order valence-corrected chi connectivity index (χ1v) is 14.6. The number of rotatable bonds is 8. The van der Waals surface area contributed by atoms with Crippen molar-refractivity contribution >= 4 is 14.0 Å². The molecular formula is C22H33FN4O3Si. The summed E-state index contributed by atoms with van der Waals surface area (Å²) >= 11 is 0. The number of pyridine rings is 1. The minimum absolute atomic E-state index is 0.129. The van der Waals surface area contributed by atoms with Gasteiger partial charge in [-0.1, -0.05) is 19.6 Å². The van der Waals surface area contributed by atoms with Gasteiger partial charge in [-0.3, -0.25) is 4.79 Å². The summed E-state index contributed by atoms with van der Waals surface area (Å²) in [6.45, 7) is 10.4. The van der Waals surface area contributed by atoms with Gasteiger partial charge in [-0.25, -0.2) is 14.1 Å². The van der Waals surface area contributed by atoms with E-state index < -0.39 is 13.9 Å². The van der Waals surface area contributed by atoms with Crippen LogP contribution in [0.1, 0.15) is 36.7 Å². The van der Waals surface area contributed by atoms with Crippen LogP contribution in [0, 0.1) is 5.82 Å². The number of halogens is 1. The molecule has 2 aromatic heterocycles. The molecule has 0 radical (unpaired) electrons. The van der Waals surface area contributed by atoms with E-state index in [4.69, 9.17) is 9.47 Å². The van der Waals surface area contributed by atoms with Crippen LogP contribution < -0.4 is 4.74 Å². The van der Waals surface area contributed by atoms with E-state index in [1.165, 1.54) is 13.2 Å². The van der Waals surface area contributed by atoms with E-state index in [2.05, 4.69) is 36.6 Å². The zero-order chi connectivity index (χ0) is 22.6. The zero-order valence-electron chi connectivity index (χ0n) is 19.2. The Kier molecular flexibility index (Phi) is 7.48. The number of hydrogen-bond donors (Lipinski definition) is 0. The van der Waals surface area contributed by atoms with Crippen molar-refractivity contribution < 1.29 is 18.7 Å². The molecule has 31 heavy (non-hydrogen) atoms. The lowest BCUT2D eigenvalue weighted by atomic mass is 10.0. The molecule has 1 atom stereocenters. The monoisotopic (exact) mass is 448 g/mol. The van der Waals surface area contributed by atoms with Crippen LogP contribution in [0.5, 0.6) is 5.88 Å². The number of nitrogens with zero attached hydrogens (tertiary/aromatic N) is 4. The molecule has 1 aliphatic heterocycles. The second-order valence-electron chi connectivity index (χ2n) is 9.31. The molecular weight excluding hydrogens is 415 g/mol. The second kappa shape index (κ2) is 9.91. The highest BCUT2D eigenvalue weighted by atomic mass is 28.3. The lowest BCUT2D eigenvalue weighted by molar-refractivity contribution is 0.0617. The van der Waals surface area contributed by atoms with Crippen molar-refractivity contribution in [2.45, 2.75) is 64.6 Å². The summed E-state index contributed by atoms with van der Waals surface area (Å²) in [4.78, 5) is 18.9. The van der Waals surface area contributed by atoms with Crippen molar-refractivity contribution in [3.63, 3.8) is 0 Å². The standard InChI is InChI=1S/C22H33FN4O3Si/c1-16-8-6-7-9-26(16)22(28)19-13-20(17-12-21(29-2)24-14-18(17)23)27(25-19)15-30-10-11-31(3,4)5/h12-14,16H,6-11,15H2,1-5H3. The maximum atomic E-state index is 14.7. The van der Waals surface area contributed by atoms with Crippen LogP contribution >= 0.6 is 0 Å². The number of carbonyl (C=O) groups is 1. The molecule has 1 fully saturated rings. The third-order valence-electron chi connectivity index (χ3n) is 5.59. The fourth-order valence-electron chi connectivity index (χ4n) is 3.64. The predicted molar refractivity (Wildman–Crippen MR) is 120 cm³/mol. The zero-order valence-corrected chi connectivity index (χ0v) is 20.2. The van der Waals surface area contributed by atoms with Crippen LogP contribution in [0.2, 0.25) is 25.7 Å². The average Bonchev–Trinajstić information content (AvgIpc) is 3.15. The molecule has 1 unspecified atom stereocenters. The first-order valence-electron chi connectivity index (χ1n) is 10.9. The molecule has 170 valence electrons. The molecule has 0 aromatic carbocycles. The number of carbonyl (C=O) groups excluding carboxylic acids is 1. The van der Waals surface area contributed by atoms with Crippen LogP contribution in [0.3, 0.4) is 0 Å². The Morgan fingerprint density at radius 2 is 2.06 bits per heavy atom. The largest absolute Gasteiger partial charge is 0.481 e. The number of aromatic nitrogens is 3. The van der Waals surface area contributed by atoms with Gasteiger partial charge in [0.1, 0.15) is 6.73 Å². The lowest BCUT2D eigenvalue weighted by Gasteiger charge is -2.32. The number of piperidine rings is 1. The van der Waals surface area contributed by atoms with Crippen LogP contribution in [0.4, 0.5) is 4.39 Å². The average molecular weight is 449 g/mol. The van der Waals surface area contributed by atoms with E-state index in [1.54, 1.807) is 10.7 Å². The Balaban J connectivity index is 1.90. The molecule has 2 aromatic rings.